The topological polar surface area (TPSA) is 51.9 Å². The molecule has 0 unspecified atom stereocenters. The Morgan fingerprint density at radius 1 is 1.03 bits per heavy atom. The van der Waals surface area contributed by atoms with Gasteiger partial charge in [-0.15, -0.1) is 0 Å². The maximum Gasteiger partial charge on any atom is 0.339 e. The van der Waals surface area contributed by atoms with Gasteiger partial charge < -0.3 is 18.8 Å². The Morgan fingerprint density at radius 2 is 1.87 bits per heavy atom. The fraction of sp³-hybridized carbons (Fsp3) is 0.400. The first-order chi connectivity index (χ1) is 14.6. The molecule has 0 saturated carbocycles. The number of nitrogens with zero attached hydrogens (tertiary/aromatic N) is 1. The van der Waals surface area contributed by atoms with Crippen molar-refractivity contribution in [3.05, 3.63) is 69.6 Å². The van der Waals surface area contributed by atoms with Crippen molar-refractivity contribution in [1.29, 1.82) is 0 Å². The van der Waals surface area contributed by atoms with Crippen LogP contribution in [0.25, 0.3) is 11.0 Å². The van der Waals surface area contributed by atoms with Crippen molar-refractivity contribution < 1.29 is 13.9 Å². The Hall–Kier alpha value is -2.79. The molecule has 1 aliphatic carbocycles. The maximum atomic E-state index is 12.3. The molecule has 3 aromatic rings. The van der Waals surface area contributed by atoms with E-state index in [1.165, 1.54) is 11.1 Å². The van der Waals surface area contributed by atoms with Crippen molar-refractivity contribution in [2.24, 2.45) is 0 Å². The van der Waals surface area contributed by atoms with Crippen molar-refractivity contribution >= 4 is 11.0 Å². The smallest absolute Gasteiger partial charge is 0.339 e. The number of fused-ring (bicyclic) bond motifs is 3. The van der Waals surface area contributed by atoms with E-state index in [2.05, 4.69) is 24.1 Å². The summed E-state index contributed by atoms with van der Waals surface area (Å²) in [5, 5.41) is 1.05. The quantitative estimate of drug-likeness (QED) is 0.404. The van der Waals surface area contributed by atoms with Crippen molar-refractivity contribution in [3.8, 4) is 11.5 Å². The highest BCUT2D eigenvalue weighted by atomic mass is 16.5. The third-order valence-electron chi connectivity index (χ3n) is 5.73. The summed E-state index contributed by atoms with van der Waals surface area (Å²) >= 11 is 0. The fourth-order valence-corrected chi connectivity index (χ4v) is 4.20. The minimum Gasteiger partial charge on any atom is -0.497 e. The first kappa shape index (κ1) is 20.5. The summed E-state index contributed by atoms with van der Waals surface area (Å²) in [5.41, 5.74) is 3.70. The van der Waals surface area contributed by atoms with Crippen molar-refractivity contribution in [2.75, 3.05) is 27.3 Å². The summed E-state index contributed by atoms with van der Waals surface area (Å²) in [4.78, 5) is 14.6. The maximum absolute atomic E-state index is 12.3. The van der Waals surface area contributed by atoms with Crippen molar-refractivity contribution in [1.82, 2.24) is 4.90 Å². The summed E-state index contributed by atoms with van der Waals surface area (Å²) < 4.78 is 16.8. The van der Waals surface area contributed by atoms with Gasteiger partial charge in [0, 0.05) is 30.1 Å². The molecule has 0 fully saturated rings. The van der Waals surface area contributed by atoms with E-state index >= 15 is 0 Å². The molecule has 0 atom stereocenters. The Labute approximate surface area is 177 Å². The normalized spacial score (nSPS) is 13.4. The molecule has 158 valence electrons. The minimum absolute atomic E-state index is 0.187. The second-order valence-corrected chi connectivity index (χ2v) is 8.00. The number of benzene rings is 2. The molecular weight excluding hydrogens is 378 g/mol. The average molecular weight is 408 g/mol. The van der Waals surface area contributed by atoms with E-state index in [0.717, 1.165) is 67.6 Å². The van der Waals surface area contributed by atoms with E-state index in [0.29, 0.717) is 12.2 Å². The van der Waals surface area contributed by atoms with Crippen LogP contribution in [0.2, 0.25) is 0 Å². The molecule has 0 saturated heterocycles. The molecule has 0 N–H and O–H groups in total. The van der Waals surface area contributed by atoms with Crippen LogP contribution in [0, 0.1) is 0 Å². The van der Waals surface area contributed by atoms with E-state index in [1.807, 2.05) is 30.3 Å². The Morgan fingerprint density at radius 3 is 2.70 bits per heavy atom. The predicted molar refractivity (Wildman–Crippen MR) is 119 cm³/mol. The summed E-state index contributed by atoms with van der Waals surface area (Å²) in [6, 6.07) is 14.0. The van der Waals surface area contributed by atoms with Gasteiger partial charge in [-0.05, 0) is 74.5 Å². The van der Waals surface area contributed by atoms with Gasteiger partial charge in [0.2, 0.25) is 0 Å². The lowest BCUT2D eigenvalue weighted by atomic mass is 9.91. The van der Waals surface area contributed by atoms with Gasteiger partial charge in [0.05, 0.1) is 13.7 Å². The van der Waals surface area contributed by atoms with Crippen LogP contribution in [-0.4, -0.2) is 32.2 Å². The van der Waals surface area contributed by atoms with Crippen LogP contribution in [0.15, 0.2) is 51.7 Å². The highest BCUT2D eigenvalue weighted by Crippen LogP contribution is 2.29. The number of rotatable bonds is 8. The van der Waals surface area contributed by atoms with Gasteiger partial charge in [-0.25, -0.2) is 4.79 Å². The fourth-order valence-electron chi connectivity index (χ4n) is 4.20. The molecule has 5 heteroatoms. The summed E-state index contributed by atoms with van der Waals surface area (Å²) in [6.45, 7) is 2.40. The molecule has 1 aromatic heterocycles. The molecule has 4 rings (SSSR count). The lowest BCUT2D eigenvalue weighted by Crippen LogP contribution is -2.20. The standard InChI is InChI=1S/C25H29NO4/c1-26(17-18-7-5-8-19(15-18)28-2)13-6-14-29-20-11-12-22-21-9-3-4-10-23(21)25(27)30-24(22)16-20/h5,7-8,11-12,15-16H,3-4,6,9-10,13-14,17H2,1-2H3. The SMILES string of the molecule is COc1cccc(CN(C)CCCOc2ccc3c4c(c(=O)oc3c2)CCCC4)c1. The molecule has 0 bridgehead atoms. The second kappa shape index (κ2) is 9.35. The highest BCUT2D eigenvalue weighted by Gasteiger charge is 2.18. The lowest BCUT2D eigenvalue weighted by molar-refractivity contribution is 0.258. The molecule has 5 nitrogen and oxygen atoms in total. The van der Waals surface area contributed by atoms with E-state index in [9.17, 15) is 4.79 Å². The van der Waals surface area contributed by atoms with Gasteiger partial charge in [0.15, 0.2) is 0 Å². The molecule has 30 heavy (non-hydrogen) atoms. The van der Waals surface area contributed by atoms with E-state index < -0.39 is 0 Å². The lowest BCUT2D eigenvalue weighted by Gasteiger charge is -2.18. The van der Waals surface area contributed by atoms with Gasteiger partial charge in [-0.1, -0.05) is 12.1 Å². The van der Waals surface area contributed by atoms with Crippen LogP contribution in [0.5, 0.6) is 11.5 Å². The number of hydrogen-bond donors (Lipinski definition) is 0. The zero-order valence-corrected chi connectivity index (χ0v) is 17.8. The molecule has 0 radical (unpaired) electrons. The third kappa shape index (κ3) is 4.68. The van der Waals surface area contributed by atoms with Crippen LogP contribution >= 0.6 is 0 Å². The number of aryl methyl sites for hydroxylation is 1. The van der Waals surface area contributed by atoms with Crippen LogP contribution in [0.3, 0.4) is 0 Å². The first-order valence-corrected chi connectivity index (χ1v) is 10.7. The molecule has 1 aliphatic rings. The Bertz CT molecular complexity index is 1070. The highest BCUT2D eigenvalue weighted by molar-refractivity contribution is 5.82. The third-order valence-corrected chi connectivity index (χ3v) is 5.73. The summed E-state index contributed by atoms with van der Waals surface area (Å²) in [5.74, 6) is 1.63. The van der Waals surface area contributed by atoms with E-state index in [-0.39, 0.29) is 5.63 Å². The van der Waals surface area contributed by atoms with Gasteiger partial charge in [-0.3, -0.25) is 0 Å². The van der Waals surface area contributed by atoms with Crippen LogP contribution in [0.4, 0.5) is 0 Å². The molecule has 0 spiro atoms. The molecule has 1 heterocycles. The average Bonchev–Trinajstić information content (AvgIpc) is 2.77. The first-order valence-electron chi connectivity index (χ1n) is 10.7. The second-order valence-electron chi connectivity index (χ2n) is 8.00. The van der Waals surface area contributed by atoms with Crippen LogP contribution < -0.4 is 15.1 Å². The number of methoxy groups -OCH3 is 1. The van der Waals surface area contributed by atoms with Crippen LogP contribution in [-0.2, 0) is 19.4 Å². The van der Waals surface area contributed by atoms with Crippen molar-refractivity contribution in [3.63, 3.8) is 0 Å². The Kier molecular flexibility index (Phi) is 6.38. The van der Waals surface area contributed by atoms with E-state index in [1.54, 1.807) is 7.11 Å². The zero-order valence-electron chi connectivity index (χ0n) is 17.8. The minimum atomic E-state index is -0.187. The molecule has 0 amide bonds. The zero-order chi connectivity index (χ0) is 20.9. The largest absolute Gasteiger partial charge is 0.497 e. The Balaban J connectivity index is 1.32. The number of ether oxygens (including phenoxy) is 2. The van der Waals surface area contributed by atoms with E-state index in [4.69, 9.17) is 13.9 Å². The molecule has 0 aliphatic heterocycles. The number of hydrogen-bond acceptors (Lipinski definition) is 5. The van der Waals surface area contributed by atoms with Crippen molar-refractivity contribution in [2.45, 2.75) is 38.6 Å². The van der Waals surface area contributed by atoms with Gasteiger partial charge >= 0.3 is 5.63 Å². The summed E-state index contributed by atoms with van der Waals surface area (Å²) in [6.07, 6.45) is 4.89. The molecule has 2 aromatic carbocycles. The monoisotopic (exact) mass is 407 g/mol. The van der Waals surface area contributed by atoms with Crippen LogP contribution in [0.1, 0.15) is 36.0 Å². The predicted octanol–water partition coefficient (Wildman–Crippen LogP) is 4.58. The van der Waals surface area contributed by atoms with Gasteiger partial charge in [0.1, 0.15) is 17.1 Å². The molecular formula is C25H29NO4. The van der Waals surface area contributed by atoms with Gasteiger partial charge in [0.25, 0.3) is 0 Å². The summed E-state index contributed by atoms with van der Waals surface area (Å²) in [7, 11) is 3.79. The van der Waals surface area contributed by atoms with Gasteiger partial charge in [-0.2, -0.15) is 0 Å².